The molecule has 2 aliphatic rings. The standard InChI is InChI=1S/C16H27N3S/c1-3-17-11-15-12(2)18-16(20-15)19-10-6-8-13-7-4-5-9-14(13)19/h13-14,17H,3-11H2,1-2H3. The Labute approximate surface area is 126 Å². The van der Waals surface area contributed by atoms with Crippen molar-refractivity contribution in [3.05, 3.63) is 10.6 Å². The average molecular weight is 293 g/mol. The van der Waals surface area contributed by atoms with Crippen LogP contribution in [0.25, 0.3) is 0 Å². The Hall–Kier alpha value is -0.610. The molecule has 2 atom stereocenters. The number of rotatable bonds is 4. The van der Waals surface area contributed by atoms with Crippen LogP contribution in [0.1, 0.15) is 56.0 Å². The van der Waals surface area contributed by atoms with Gasteiger partial charge in [0.25, 0.3) is 0 Å². The molecule has 1 saturated carbocycles. The molecule has 4 heteroatoms. The number of thiazole rings is 1. The van der Waals surface area contributed by atoms with Gasteiger partial charge in [-0.25, -0.2) is 4.98 Å². The number of hydrogen-bond acceptors (Lipinski definition) is 4. The van der Waals surface area contributed by atoms with Crippen LogP contribution in [0, 0.1) is 12.8 Å². The van der Waals surface area contributed by atoms with Gasteiger partial charge in [0.2, 0.25) is 0 Å². The van der Waals surface area contributed by atoms with Gasteiger partial charge in [-0.05, 0) is 45.1 Å². The van der Waals surface area contributed by atoms with E-state index in [1.54, 1.807) is 0 Å². The molecular weight excluding hydrogens is 266 g/mol. The van der Waals surface area contributed by atoms with Crippen molar-refractivity contribution in [3.8, 4) is 0 Å². The summed E-state index contributed by atoms with van der Waals surface area (Å²) in [5, 5.41) is 4.71. The topological polar surface area (TPSA) is 28.2 Å². The van der Waals surface area contributed by atoms with Crippen molar-refractivity contribution in [2.24, 2.45) is 5.92 Å². The number of anilines is 1. The molecule has 1 aliphatic heterocycles. The molecule has 112 valence electrons. The largest absolute Gasteiger partial charge is 0.345 e. The minimum Gasteiger partial charge on any atom is -0.345 e. The first kappa shape index (κ1) is 14.3. The molecule has 0 spiro atoms. The van der Waals surface area contributed by atoms with Crippen molar-refractivity contribution >= 4 is 16.5 Å². The number of nitrogens with one attached hydrogen (secondary N) is 1. The van der Waals surface area contributed by atoms with Gasteiger partial charge in [0.1, 0.15) is 0 Å². The van der Waals surface area contributed by atoms with Crippen LogP contribution in [-0.4, -0.2) is 24.1 Å². The van der Waals surface area contributed by atoms with Crippen LogP contribution in [0.4, 0.5) is 5.13 Å². The lowest BCUT2D eigenvalue weighted by molar-refractivity contribution is 0.243. The van der Waals surface area contributed by atoms with E-state index in [0.29, 0.717) is 0 Å². The number of fused-ring (bicyclic) bond motifs is 1. The summed E-state index contributed by atoms with van der Waals surface area (Å²) in [6.45, 7) is 7.54. The second-order valence-electron chi connectivity index (χ2n) is 6.23. The van der Waals surface area contributed by atoms with E-state index in [9.17, 15) is 0 Å². The van der Waals surface area contributed by atoms with Gasteiger partial charge < -0.3 is 10.2 Å². The third-order valence-corrected chi connectivity index (χ3v) is 6.10. The van der Waals surface area contributed by atoms with Crippen LogP contribution in [0.5, 0.6) is 0 Å². The Morgan fingerprint density at radius 3 is 2.90 bits per heavy atom. The smallest absolute Gasteiger partial charge is 0.186 e. The molecule has 0 amide bonds. The fourth-order valence-electron chi connectivity index (χ4n) is 3.80. The van der Waals surface area contributed by atoms with Crippen molar-refractivity contribution in [2.45, 2.75) is 65.0 Å². The highest BCUT2D eigenvalue weighted by Crippen LogP contribution is 2.39. The number of nitrogens with zero attached hydrogens (tertiary/aromatic N) is 2. The SMILES string of the molecule is CCNCc1sc(N2CCCC3CCCCC32)nc1C. The number of aryl methyl sites for hydroxylation is 1. The molecule has 1 aromatic heterocycles. The Bertz CT molecular complexity index is 441. The van der Waals surface area contributed by atoms with E-state index in [1.165, 1.54) is 60.8 Å². The zero-order valence-corrected chi connectivity index (χ0v) is 13.6. The number of hydrogen-bond donors (Lipinski definition) is 1. The maximum Gasteiger partial charge on any atom is 0.186 e. The first-order chi connectivity index (χ1) is 9.79. The maximum absolute atomic E-state index is 4.88. The first-order valence-corrected chi connectivity index (χ1v) is 9.05. The van der Waals surface area contributed by atoms with Crippen LogP contribution in [0.2, 0.25) is 0 Å². The maximum atomic E-state index is 4.88. The van der Waals surface area contributed by atoms with Crippen LogP contribution >= 0.6 is 11.3 Å². The minimum atomic E-state index is 0.773. The van der Waals surface area contributed by atoms with Crippen LogP contribution in [0.15, 0.2) is 0 Å². The second kappa shape index (κ2) is 6.44. The fourth-order valence-corrected chi connectivity index (χ4v) is 4.91. The lowest BCUT2D eigenvalue weighted by Crippen LogP contribution is -2.46. The summed E-state index contributed by atoms with van der Waals surface area (Å²) < 4.78 is 0. The molecule has 3 nitrogen and oxygen atoms in total. The molecule has 2 fully saturated rings. The van der Waals surface area contributed by atoms with Crippen molar-refractivity contribution in [2.75, 3.05) is 18.0 Å². The normalized spacial score (nSPS) is 26.6. The first-order valence-electron chi connectivity index (χ1n) is 8.23. The third-order valence-electron chi connectivity index (χ3n) is 4.91. The Morgan fingerprint density at radius 2 is 2.05 bits per heavy atom. The summed E-state index contributed by atoms with van der Waals surface area (Å²) in [6, 6.07) is 0.773. The summed E-state index contributed by atoms with van der Waals surface area (Å²) >= 11 is 1.91. The summed E-state index contributed by atoms with van der Waals surface area (Å²) in [5.74, 6) is 0.930. The molecule has 1 aromatic rings. The van der Waals surface area contributed by atoms with E-state index >= 15 is 0 Å². The van der Waals surface area contributed by atoms with E-state index in [4.69, 9.17) is 4.98 Å². The number of aromatic nitrogens is 1. The molecule has 2 heterocycles. The minimum absolute atomic E-state index is 0.773. The molecular formula is C16H27N3S. The van der Waals surface area contributed by atoms with Gasteiger partial charge in [-0.2, -0.15) is 0 Å². The van der Waals surface area contributed by atoms with E-state index < -0.39 is 0 Å². The summed E-state index contributed by atoms with van der Waals surface area (Å²) in [7, 11) is 0. The van der Waals surface area contributed by atoms with E-state index in [1.807, 2.05) is 11.3 Å². The van der Waals surface area contributed by atoms with Crippen LogP contribution in [0.3, 0.4) is 0 Å². The van der Waals surface area contributed by atoms with Gasteiger partial charge in [-0.3, -0.25) is 0 Å². The summed E-state index contributed by atoms with van der Waals surface area (Å²) in [6.07, 6.45) is 8.46. The molecule has 20 heavy (non-hydrogen) atoms. The lowest BCUT2D eigenvalue weighted by atomic mass is 9.78. The Morgan fingerprint density at radius 1 is 1.25 bits per heavy atom. The fraction of sp³-hybridized carbons (Fsp3) is 0.812. The molecule has 2 unspecified atom stereocenters. The average Bonchev–Trinajstić information content (AvgIpc) is 2.85. The van der Waals surface area contributed by atoms with Crippen molar-refractivity contribution in [1.82, 2.24) is 10.3 Å². The van der Waals surface area contributed by atoms with Crippen molar-refractivity contribution in [1.29, 1.82) is 0 Å². The summed E-state index contributed by atoms with van der Waals surface area (Å²) in [5.41, 5.74) is 1.23. The second-order valence-corrected chi connectivity index (χ2v) is 7.29. The van der Waals surface area contributed by atoms with Gasteiger partial charge in [-0.1, -0.05) is 19.8 Å². The molecule has 0 aromatic carbocycles. The van der Waals surface area contributed by atoms with E-state index in [0.717, 1.165) is 25.0 Å². The van der Waals surface area contributed by atoms with Crippen LogP contribution < -0.4 is 10.2 Å². The van der Waals surface area contributed by atoms with E-state index in [-0.39, 0.29) is 0 Å². The third kappa shape index (κ3) is 2.86. The monoisotopic (exact) mass is 293 g/mol. The molecule has 1 aliphatic carbocycles. The molecule has 0 radical (unpaired) electrons. The van der Waals surface area contributed by atoms with E-state index in [2.05, 4.69) is 24.1 Å². The van der Waals surface area contributed by atoms with Crippen molar-refractivity contribution < 1.29 is 0 Å². The van der Waals surface area contributed by atoms with Gasteiger partial charge in [-0.15, -0.1) is 11.3 Å². The zero-order chi connectivity index (χ0) is 13.9. The summed E-state index contributed by atoms with van der Waals surface area (Å²) in [4.78, 5) is 8.94. The van der Waals surface area contributed by atoms with Crippen LogP contribution in [-0.2, 0) is 6.54 Å². The molecule has 3 rings (SSSR count). The highest BCUT2D eigenvalue weighted by molar-refractivity contribution is 7.15. The van der Waals surface area contributed by atoms with Gasteiger partial charge in [0.15, 0.2) is 5.13 Å². The molecule has 1 N–H and O–H groups in total. The highest BCUT2D eigenvalue weighted by atomic mass is 32.1. The number of piperidine rings is 1. The Balaban J connectivity index is 1.77. The zero-order valence-electron chi connectivity index (χ0n) is 12.8. The quantitative estimate of drug-likeness (QED) is 0.917. The predicted molar refractivity (Wildman–Crippen MR) is 86.6 cm³/mol. The van der Waals surface area contributed by atoms with Crippen molar-refractivity contribution in [3.63, 3.8) is 0 Å². The van der Waals surface area contributed by atoms with Gasteiger partial charge in [0, 0.05) is 24.0 Å². The molecule has 0 bridgehead atoms. The lowest BCUT2D eigenvalue weighted by Gasteiger charge is -2.44. The van der Waals surface area contributed by atoms with Gasteiger partial charge >= 0.3 is 0 Å². The Kier molecular flexibility index (Phi) is 4.61. The molecule has 1 saturated heterocycles. The predicted octanol–water partition coefficient (Wildman–Crippen LogP) is 3.72. The van der Waals surface area contributed by atoms with Gasteiger partial charge in [0.05, 0.1) is 5.69 Å². The highest BCUT2D eigenvalue weighted by Gasteiger charge is 2.34.